The lowest BCUT2D eigenvalue weighted by atomic mass is 10.0. The summed E-state index contributed by atoms with van der Waals surface area (Å²) in [5, 5.41) is 22.5. The number of hydrogen-bond acceptors (Lipinski definition) is 7. The molecule has 0 bridgehead atoms. The average Bonchev–Trinajstić information content (AvgIpc) is 2.85. The Kier molecular flexibility index (Phi) is 6.92. The minimum Gasteiger partial charge on any atom is -0.324 e. The molecule has 10 heteroatoms. The van der Waals surface area contributed by atoms with Crippen LogP contribution in [0.5, 0.6) is 0 Å². The van der Waals surface area contributed by atoms with Crippen molar-refractivity contribution < 1.29 is 9.72 Å². The molecular formula is C23H16ClN5O3S. The van der Waals surface area contributed by atoms with E-state index in [-0.39, 0.29) is 28.1 Å². The first-order valence-electron chi connectivity index (χ1n) is 9.73. The Balaban J connectivity index is 1.52. The monoisotopic (exact) mass is 477 g/mol. The lowest BCUT2D eigenvalue weighted by molar-refractivity contribution is -0.384. The van der Waals surface area contributed by atoms with Gasteiger partial charge >= 0.3 is 0 Å². The second-order valence-corrected chi connectivity index (χ2v) is 8.13. The number of nitro groups is 1. The summed E-state index contributed by atoms with van der Waals surface area (Å²) in [7, 11) is 0. The maximum absolute atomic E-state index is 12.4. The lowest BCUT2D eigenvalue weighted by Gasteiger charge is -2.10. The number of halogens is 1. The number of carbonyl (C=O) groups excluding carboxylic acids is 1. The van der Waals surface area contributed by atoms with Crippen LogP contribution < -0.4 is 5.32 Å². The molecule has 1 heterocycles. The third-order valence-corrected chi connectivity index (χ3v) is 5.68. The van der Waals surface area contributed by atoms with Gasteiger partial charge < -0.3 is 5.32 Å². The molecular weight excluding hydrogens is 462 g/mol. The molecule has 0 aliphatic heterocycles. The Morgan fingerprint density at radius 3 is 2.18 bits per heavy atom. The van der Waals surface area contributed by atoms with Crippen LogP contribution in [-0.4, -0.2) is 31.8 Å². The molecule has 33 heavy (non-hydrogen) atoms. The minimum absolute atomic E-state index is 0.00785. The van der Waals surface area contributed by atoms with Crippen molar-refractivity contribution in [2.75, 3.05) is 11.1 Å². The zero-order valence-electron chi connectivity index (χ0n) is 17.0. The number of aromatic nitrogens is 3. The Labute approximate surface area is 198 Å². The maximum Gasteiger partial charge on any atom is 0.271 e. The number of nitrogens with one attached hydrogen (secondary N) is 1. The average molecular weight is 478 g/mol. The molecule has 0 radical (unpaired) electrons. The Morgan fingerprint density at radius 2 is 1.58 bits per heavy atom. The summed E-state index contributed by atoms with van der Waals surface area (Å²) in [6, 6.07) is 23.1. The summed E-state index contributed by atoms with van der Waals surface area (Å²) in [5.41, 5.74) is 3.22. The van der Waals surface area contributed by atoms with Gasteiger partial charge in [0.25, 0.3) is 5.69 Å². The minimum atomic E-state index is -0.554. The van der Waals surface area contributed by atoms with E-state index in [0.29, 0.717) is 16.5 Å². The van der Waals surface area contributed by atoms with E-state index >= 15 is 0 Å². The normalized spacial score (nSPS) is 10.6. The Hall–Kier alpha value is -3.82. The van der Waals surface area contributed by atoms with Gasteiger partial charge in [-0.05, 0) is 6.07 Å². The van der Waals surface area contributed by atoms with Gasteiger partial charge in [0.1, 0.15) is 11.4 Å². The smallest absolute Gasteiger partial charge is 0.271 e. The van der Waals surface area contributed by atoms with Crippen molar-refractivity contribution in [2.24, 2.45) is 0 Å². The standard InChI is InChI=1S/C23H16ClN5O3S/c24-18-13-17(29(31)32)11-12-19(18)25-20(30)14-33-23-26-21(15-7-3-1-4-8-15)22(27-28-23)16-9-5-2-6-10-16/h1-13H,14H2,(H,25,30). The van der Waals surface area contributed by atoms with Gasteiger partial charge in [-0.2, -0.15) is 0 Å². The fraction of sp³-hybridized carbons (Fsp3) is 0.0435. The zero-order chi connectivity index (χ0) is 23.2. The summed E-state index contributed by atoms with van der Waals surface area (Å²) >= 11 is 7.16. The molecule has 0 saturated carbocycles. The van der Waals surface area contributed by atoms with Gasteiger partial charge in [-0.1, -0.05) is 84.0 Å². The molecule has 0 spiro atoms. The molecule has 8 nitrogen and oxygen atoms in total. The van der Waals surface area contributed by atoms with Crippen molar-refractivity contribution in [3.63, 3.8) is 0 Å². The number of nitro benzene ring substituents is 1. The predicted octanol–water partition coefficient (Wildman–Crippen LogP) is 5.50. The van der Waals surface area contributed by atoms with E-state index in [9.17, 15) is 14.9 Å². The van der Waals surface area contributed by atoms with E-state index in [0.717, 1.165) is 22.9 Å². The maximum atomic E-state index is 12.4. The molecule has 0 saturated heterocycles. The Morgan fingerprint density at radius 1 is 0.939 bits per heavy atom. The van der Waals surface area contributed by atoms with E-state index in [1.54, 1.807) is 0 Å². The van der Waals surface area contributed by atoms with E-state index in [2.05, 4.69) is 20.5 Å². The van der Waals surface area contributed by atoms with Crippen LogP contribution in [0.15, 0.2) is 84.0 Å². The first-order chi connectivity index (χ1) is 16.0. The van der Waals surface area contributed by atoms with Crippen molar-refractivity contribution >= 4 is 40.6 Å². The number of non-ortho nitro benzene ring substituents is 1. The Bertz CT molecular complexity index is 1310. The number of amides is 1. The third kappa shape index (κ3) is 5.51. The van der Waals surface area contributed by atoms with E-state index in [4.69, 9.17) is 11.6 Å². The molecule has 0 aliphatic rings. The van der Waals surface area contributed by atoms with Crippen LogP contribution in [0, 0.1) is 10.1 Å². The topological polar surface area (TPSA) is 111 Å². The highest BCUT2D eigenvalue weighted by Gasteiger charge is 2.16. The van der Waals surface area contributed by atoms with E-state index < -0.39 is 4.92 Å². The molecule has 1 amide bonds. The molecule has 4 aromatic rings. The molecule has 1 aromatic heterocycles. The number of rotatable bonds is 7. The number of thioether (sulfide) groups is 1. The first kappa shape index (κ1) is 22.4. The molecule has 0 unspecified atom stereocenters. The molecule has 0 fully saturated rings. The van der Waals surface area contributed by atoms with Gasteiger partial charge in [0, 0.05) is 23.3 Å². The lowest BCUT2D eigenvalue weighted by Crippen LogP contribution is -2.15. The number of nitrogens with zero attached hydrogens (tertiary/aromatic N) is 4. The van der Waals surface area contributed by atoms with Crippen molar-refractivity contribution in [3.8, 4) is 22.5 Å². The first-order valence-corrected chi connectivity index (χ1v) is 11.1. The summed E-state index contributed by atoms with van der Waals surface area (Å²) in [4.78, 5) is 27.3. The van der Waals surface area contributed by atoms with Crippen molar-refractivity contribution in [1.82, 2.24) is 15.2 Å². The quantitative estimate of drug-likeness (QED) is 0.212. The van der Waals surface area contributed by atoms with Crippen LogP contribution in [-0.2, 0) is 4.79 Å². The van der Waals surface area contributed by atoms with Gasteiger partial charge in [0.05, 0.1) is 21.4 Å². The van der Waals surface area contributed by atoms with Gasteiger partial charge in [-0.25, -0.2) is 4.98 Å². The summed E-state index contributed by atoms with van der Waals surface area (Å²) in [6.45, 7) is 0. The highest BCUT2D eigenvalue weighted by Crippen LogP contribution is 2.30. The summed E-state index contributed by atoms with van der Waals surface area (Å²) in [5.74, 6) is -0.346. The molecule has 3 aromatic carbocycles. The third-order valence-electron chi connectivity index (χ3n) is 4.53. The largest absolute Gasteiger partial charge is 0.324 e. The highest BCUT2D eigenvalue weighted by molar-refractivity contribution is 7.99. The molecule has 0 aliphatic carbocycles. The van der Waals surface area contributed by atoms with E-state index in [1.165, 1.54) is 18.2 Å². The van der Waals surface area contributed by atoms with Crippen molar-refractivity contribution in [3.05, 3.63) is 94.0 Å². The summed E-state index contributed by atoms with van der Waals surface area (Å²) < 4.78 is 0. The SMILES string of the molecule is O=C(CSc1nnc(-c2ccccc2)c(-c2ccccc2)n1)Nc1ccc([N+](=O)[O-])cc1Cl. The predicted molar refractivity (Wildman–Crippen MR) is 128 cm³/mol. The van der Waals surface area contributed by atoms with Gasteiger partial charge in [-0.15, -0.1) is 10.2 Å². The fourth-order valence-electron chi connectivity index (χ4n) is 3.00. The van der Waals surface area contributed by atoms with Gasteiger partial charge in [0.2, 0.25) is 11.1 Å². The summed E-state index contributed by atoms with van der Waals surface area (Å²) in [6.07, 6.45) is 0. The van der Waals surface area contributed by atoms with Crippen molar-refractivity contribution in [1.29, 1.82) is 0 Å². The fourth-order valence-corrected chi connectivity index (χ4v) is 3.80. The molecule has 0 atom stereocenters. The van der Waals surface area contributed by atoms with Gasteiger partial charge in [-0.3, -0.25) is 14.9 Å². The van der Waals surface area contributed by atoms with Crippen LogP contribution in [0.25, 0.3) is 22.5 Å². The number of carbonyl (C=O) groups is 1. The number of anilines is 1. The molecule has 1 N–H and O–H groups in total. The van der Waals surface area contributed by atoms with E-state index in [1.807, 2.05) is 60.7 Å². The van der Waals surface area contributed by atoms with Crippen LogP contribution >= 0.6 is 23.4 Å². The van der Waals surface area contributed by atoms with Crippen LogP contribution in [0.1, 0.15) is 0 Å². The second-order valence-electron chi connectivity index (χ2n) is 6.78. The zero-order valence-corrected chi connectivity index (χ0v) is 18.6. The molecule has 164 valence electrons. The molecule has 4 rings (SSSR count). The van der Waals surface area contributed by atoms with Crippen molar-refractivity contribution in [2.45, 2.75) is 5.16 Å². The second kappa shape index (κ2) is 10.2. The van der Waals surface area contributed by atoms with Crippen LogP contribution in [0.3, 0.4) is 0 Å². The highest BCUT2D eigenvalue weighted by atomic mass is 35.5. The number of benzene rings is 3. The van der Waals surface area contributed by atoms with Gasteiger partial charge in [0.15, 0.2) is 0 Å². The van der Waals surface area contributed by atoms with Crippen LogP contribution in [0.4, 0.5) is 11.4 Å². The van der Waals surface area contributed by atoms with Crippen LogP contribution in [0.2, 0.25) is 5.02 Å². The number of hydrogen-bond donors (Lipinski definition) is 1.